The van der Waals surface area contributed by atoms with Gasteiger partial charge < -0.3 is 5.11 Å². The molecule has 0 aromatic heterocycles. The van der Waals surface area contributed by atoms with Gasteiger partial charge in [0.2, 0.25) is 0 Å². The molecule has 1 aromatic rings. The SMILES string of the molecule is CC(=CC(=O)O)CN(C)Cc1cccc(Cl)c1. The predicted octanol–water partition coefficient (Wildman–Crippen LogP) is 2.80. The Hall–Kier alpha value is -1.32. The van der Waals surface area contributed by atoms with Crippen LogP contribution in [-0.2, 0) is 11.3 Å². The first-order chi connectivity index (χ1) is 7.97. The Morgan fingerprint density at radius 3 is 2.82 bits per heavy atom. The van der Waals surface area contributed by atoms with Gasteiger partial charge in [0.25, 0.3) is 0 Å². The third-order valence-electron chi connectivity index (χ3n) is 2.23. The van der Waals surface area contributed by atoms with Crippen LogP contribution >= 0.6 is 11.6 Å². The van der Waals surface area contributed by atoms with E-state index in [0.717, 1.165) is 17.7 Å². The zero-order valence-electron chi connectivity index (χ0n) is 9.98. The van der Waals surface area contributed by atoms with E-state index < -0.39 is 5.97 Å². The summed E-state index contributed by atoms with van der Waals surface area (Å²) in [5.41, 5.74) is 1.94. The van der Waals surface area contributed by atoms with Crippen molar-refractivity contribution in [2.24, 2.45) is 0 Å². The molecule has 17 heavy (non-hydrogen) atoms. The smallest absolute Gasteiger partial charge is 0.328 e. The maximum absolute atomic E-state index is 10.5. The number of benzene rings is 1. The highest BCUT2D eigenvalue weighted by molar-refractivity contribution is 6.30. The number of likely N-dealkylation sites (N-methyl/N-ethyl adjacent to an activating group) is 1. The van der Waals surface area contributed by atoms with Crippen molar-refractivity contribution in [3.8, 4) is 0 Å². The Balaban J connectivity index is 2.55. The molecule has 92 valence electrons. The predicted molar refractivity (Wildman–Crippen MR) is 69.2 cm³/mol. The zero-order valence-corrected chi connectivity index (χ0v) is 10.7. The number of aliphatic carboxylic acids is 1. The summed E-state index contributed by atoms with van der Waals surface area (Å²) in [6, 6.07) is 7.65. The Labute approximate surface area is 106 Å². The molecule has 0 radical (unpaired) electrons. The fourth-order valence-corrected chi connectivity index (χ4v) is 1.90. The summed E-state index contributed by atoms with van der Waals surface area (Å²) in [5, 5.41) is 9.33. The number of rotatable bonds is 5. The summed E-state index contributed by atoms with van der Waals surface area (Å²) in [6.45, 7) is 3.17. The van der Waals surface area contributed by atoms with Crippen LogP contribution in [0.1, 0.15) is 12.5 Å². The lowest BCUT2D eigenvalue weighted by molar-refractivity contribution is -0.131. The maximum Gasteiger partial charge on any atom is 0.328 e. The Morgan fingerprint density at radius 1 is 1.53 bits per heavy atom. The lowest BCUT2D eigenvalue weighted by atomic mass is 10.2. The number of carboxylic acid groups (broad SMARTS) is 1. The molecule has 1 rings (SSSR count). The van der Waals surface area contributed by atoms with Crippen molar-refractivity contribution >= 4 is 17.6 Å². The van der Waals surface area contributed by atoms with Crippen molar-refractivity contribution in [1.82, 2.24) is 4.90 Å². The minimum Gasteiger partial charge on any atom is -0.478 e. The second kappa shape index (κ2) is 6.42. The summed E-state index contributed by atoms with van der Waals surface area (Å²) in [7, 11) is 1.94. The Bertz CT molecular complexity index is 429. The van der Waals surface area contributed by atoms with Crippen molar-refractivity contribution in [3.63, 3.8) is 0 Å². The van der Waals surface area contributed by atoms with Crippen molar-refractivity contribution < 1.29 is 9.90 Å². The van der Waals surface area contributed by atoms with Crippen molar-refractivity contribution in [1.29, 1.82) is 0 Å². The van der Waals surface area contributed by atoms with E-state index in [1.807, 2.05) is 43.1 Å². The van der Waals surface area contributed by atoms with E-state index >= 15 is 0 Å². The topological polar surface area (TPSA) is 40.5 Å². The fourth-order valence-electron chi connectivity index (χ4n) is 1.69. The molecule has 0 fully saturated rings. The zero-order chi connectivity index (χ0) is 12.8. The summed E-state index contributed by atoms with van der Waals surface area (Å²) < 4.78 is 0. The standard InChI is InChI=1S/C13H16ClNO2/c1-10(6-13(16)17)8-15(2)9-11-4-3-5-12(14)7-11/h3-7H,8-9H2,1-2H3,(H,16,17). The summed E-state index contributed by atoms with van der Waals surface area (Å²) in [5.74, 6) is -0.904. The van der Waals surface area contributed by atoms with Gasteiger partial charge in [-0.15, -0.1) is 0 Å². The van der Waals surface area contributed by atoms with E-state index in [9.17, 15) is 4.79 Å². The van der Waals surface area contributed by atoms with Crippen LogP contribution in [0.15, 0.2) is 35.9 Å². The second-order valence-electron chi connectivity index (χ2n) is 4.13. The molecule has 0 heterocycles. The molecule has 0 saturated heterocycles. The highest BCUT2D eigenvalue weighted by atomic mass is 35.5. The summed E-state index contributed by atoms with van der Waals surface area (Å²) >= 11 is 5.90. The van der Waals surface area contributed by atoms with Crippen molar-refractivity contribution in [2.75, 3.05) is 13.6 Å². The molecule has 0 amide bonds. The molecule has 0 spiro atoms. The molecule has 0 atom stereocenters. The van der Waals surface area contributed by atoms with Gasteiger partial charge in [0.1, 0.15) is 0 Å². The number of halogens is 1. The minimum absolute atomic E-state index is 0.624. The van der Waals surface area contributed by atoms with Crippen LogP contribution in [0, 0.1) is 0 Å². The van der Waals surface area contributed by atoms with Gasteiger partial charge in [-0.05, 0) is 31.7 Å². The third-order valence-corrected chi connectivity index (χ3v) is 2.47. The largest absolute Gasteiger partial charge is 0.478 e. The number of nitrogens with zero attached hydrogens (tertiary/aromatic N) is 1. The average molecular weight is 254 g/mol. The van der Waals surface area contributed by atoms with Gasteiger partial charge in [-0.2, -0.15) is 0 Å². The minimum atomic E-state index is -0.904. The molecule has 0 saturated carbocycles. The first-order valence-corrected chi connectivity index (χ1v) is 5.68. The highest BCUT2D eigenvalue weighted by Gasteiger charge is 2.03. The molecule has 0 aliphatic rings. The molecule has 1 N–H and O–H groups in total. The van der Waals surface area contributed by atoms with E-state index in [1.165, 1.54) is 6.08 Å². The van der Waals surface area contributed by atoms with Crippen molar-refractivity contribution in [2.45, 2.75) is 13.5 Å². The van der Waals surface area contributed by atoms with Crippen LogP contribution in [0.5, 0.6) is 0 Å². The van der Waals surface area contributed by atoms with Gasteiger partial charge in [0.15, 0.2) is 0 Å². The van der Waals surface area contributed by atoms with Crippen LogP contribution in [0.2, 0.25) is 5.02 Å². The number of hydrogen-bond donors (Lipinski definition) is 1. The molecule has 1 aromatic carbocycles. The van der Waals surface area contributed by atoms with Gasteiger partial charge in [-0.1, -0.05) is 29.3 Å². The van der Waals surface area contributed by atoms with E-state index in [2.05, 4.69) is 0 Å². The molecule has 0 aliphatic carbocycles. The van der Waals surface area contributed by atoms with Gasteiger partial charge in [0, 0.05) is 24.2 Å². The molecular formula is C13H16ClNO2. The van der Waals surface area contributed by atoms with Crippen molar-refractivity contribution in [3.05, 3.63) is 46.5 Å². The van der Waals surface area contributed by atoms with Gasteiger partial charge in [-0.25, -0.2) is 4.79 Å². The van der Waals surface area contributed by atoms with Gasteiger partial charge >= 0.3 is 5.97 Å². The molecule has 4 heteroatoms. The lowest BCUT2D eigenvalue weighted by Crippen LogP contribution is -2.20. The van der Waals surface area contributed by atoms with E-state index in [0.29, 0.717) is 11.6 Å². The molecule has 0 unspecified atom stereocenters. The van der Waals surface area contributed by atoms with Crippen LogP contribution in [0.25, 0.3) is 0 Å². The first kappa shape index (κ1) is 13.7. The Kier molecular flexibility index (Phi) is 5.19. The second-order valence-corrected chi connectivity index (χ2v) is 4.57. The van der Waals surface area contributed by atoms with Crippen LogP contribution < -0.4 is 0 Å². The quantitative estimate of drug-likeness (QED) is 0.821. The normalized spacial score (nSPS) is 11.9. The van der Waals surface area contributed by atoms with Crippen LogP contribution in [0.3, 0.4) is 0 Å². The monoisotopic (exact) mass is 253 g/mol. The number of carboxylic acids is 1. The van der Waals surface area contributed by atoms with E-state index in [1.54, 1.807) is 0 Å². The summed E-state index contributed by atoms with van der Waals surface area (Å²) in [4.78, 5) is 12.5. The third kappa shape index (κ3) is 5.52. The molecule has 0 aliphatic heterocycles. The lowest BCUT2D eigenvalue weighted by Gasteiger charge is -2.16. The van der Waals surface area contributed by atoms with Gasteiger partial charge in [0.05, 0.1) is 0 Å². The van der Waals surface area contributed by atoms with E-state index in [4.69, 9.17) is 16.7 Å². The number of hydrogen-bond acceptors (Lipinski definition) is 2. The highest BCUT2D eigenvalue weighted by Crippen LogP contribution is 2.12. The average Bonchev–Trinajstić information content (AvgIpc) is 2.14. The molecule has 0 bridgehead atoms. The van der Waals surface area contributed by atoms with Gasteiger partial charge in [-0.3, -0.25) is 4.90 Å². The number of carbonyl (C=O) groups is 1. The van der Waals surface area contributed by atoms with Crippen LogP contribution in [0.4, 0.5) is 0 Å². The van der Waals surface area contributed by atoms with E-state index in [-0.39, 0.29) is 0 Å². The molecular weight excluding hydrogens is 238 g/mol. The fraction of sp³-hybridized carbons (Fsp3) is 0.308. The maximum atomic E-state index is 10.5. The first-order valence-electron chi connectivity index (χ1n) is 5.30. The summed E-state index contributed by atoms with van der Waals surface area (Å²) in [6.07, 6.45) is 1.23. The molecule has 3 nitrogen and oxygen atoms in total. The van der Waals surface area contributed by atoms with Crippen LogP contribution in [-0.4, -0.2) is 29.6 Å². The Morgan fingerprint density at radius 2 is 2.24 bits per heavy atom.